The SMILES string of the molecule is CC(=O)Nc1cccc(NS(=O)(=O)CCNC(=O)CC(C)C)c1. The first kappa shape index (κ1) is 19.0. The van der Waals surface area contributed by atoms with Gasteiger partial charge in [0.05, 0.1) is 11.4 Å². The largest absolute Gasteiger partial charge is 0.355 e. The molecular weight excluding hydrogens is 318 g/mol. The van der Waals surface area contributed by atoms with Crippen molar-refractivity contribution in [3.63, 3.8) is 0 Å². The van der Waals surface area contributed by atoms with Gasteiger partial charge in [-0.05, 0) is 24.1 Å². The van der Waals surface area contributed by atoms with Crippen molar-refractivity contribution in [1.29, 1.82) is 0 Å². The van der Waals surface area contributed by atoms with Crippen molar-refractivity contribution < 1.29 is 18.0 Å². The topological polar surface area (TPSA) is 104 Å². The minimum atomic E-state index is -3.58. The zero-order chi connectivity index (χ0) is 17.5. The Kier molecular flexibility index (Phi) is 7.02. The maximum Gasteiger partial charge on any atom is 0.234 e. The molecule has 0 atom stereocenters. The Morgan fingerprint density at radius 3 is 2.43 bits per heavy atom. The van der Waals surface area contributed by atoms with Gasteiger partial charge in [-0.2, -0.15) is 0 Å². The summed E-state index contributed by atoms with van der Waals surface area (Å²) in [7, 11) is -3.58. The quantitative estimate of drug-likeness (QED) is 0.667. The molecule has 3 N–H and O–H groups in total. The lowest BCUT2D eigenvalue weighted by Gasteiger charge is -2.11. The lowest BCUT2D eigenvalue weighted by Crippen LogP contribution is -2.31. The molecule has 0 aliphatic carbocycles. The van der Waals surface area contributed by atoms with E-state index in [0.717, 1.165) is 0 Å². The van der Waals surface area contributed by atoms with Crippen molar-refractivity contribution in [2.45, 2.75) is 27.2 Å². The van der Waals surface area contributed by atoms with Gasteiger partial charge in [0.1, 0.15) is 0 Å². The minimum Gasteiger partial charge on any atom is -0.355 e. The molecule has 1 rings (SSSR count). The zero-order valence-electron chi connectivity index (χ0n) is 13.5. The Labute approximate surface area is 136 Å². The summed E-state index contributed by atoms with van der Waals surface area (Å²) in [6.07, 6.45) is 0.367. The van der Waals surface area contributed by atoms with Gasteiger partial charge in [-0.3, -0.25) is 14.3 Å². The van der Waals surface area contributed by atoms with Gasteiger partial charge in [0.15, 0.2) is 0 Å². The fourth-order valence-corrected chi connectivity index (χ4v) is 2.82. The highest BCUT2D eigenvalue weighted by atomic mass is 32.2. The second-order valence-corrected chi connectivity index (χ2v) is 7.47. The van der Waals surface area contributed by atoms with E-state index in [1.54, 1.807) is 18.2 Å². The first-order chi connectivity index (χ1) is 10.7. The maximum atomic E-state index is 12.0. The summed E-state index contributed by atoms with van der Waals surface area (Å²) in [5.74, 6) is -0.400. The average molecular weight is 341 g/mol. The number of sulfonamides is 1. The highest BCUT2D eigenvalue weighted by Gasteiger charge is 2.12. The van der Waals surface area contributed by atoms with Gasteiger partial charge < -0.3 is 10.6 Å². The van der Waals surface area contributed by atoms with Crippen LogP contribution in [0.15, 0.2) is 24.3 Å². The van der Waals surface area contributed by atoms with E-state index in [-0.39, 0.29) is 30.0 Å². The zero-order valence-corrected chi connectivity index (χ0v) is 14.4. The molecule has 128 valence electrons. The highest BCUT2D eigenvalue weighted by Crippen LogP contribution is 2.16. The molecule has 0 saturated heterocycles. The standard InChI is InChI=1S/C15H23N3O4S/c1-11(2)9-15(20)16-7-8-23(21,22)18-14-6-4-5-13(10-14)17-12(3)19/h4-6,10-11,18H,7-9H2,1-3H3,(H,16,20)(H,17,19). The molecule has 0 aliphatic heterocycles. The predicted octanol–water partition coefficient (Wildman–Crippen LogP) is 1.55. The van der Waals surface area contributed by atoms with Gasteiger partial charge >= 0.3 is 0 Å². The molecule has 0 bridgehead atoms. The third kappa shape index (κ3) is 8.20. The lowest BCUT2D eigenvalue weighted by atomic mass is 10.1. The van der Waals surface area contributed by atoms with Gasteiger partial charge in [0.25, 0.3) is 0 Å². The molecule has 7 nitrogen and oxygen atoms in total. The number of carbonyl (C=O) groups is 2. The van der Waals surface area contributed by atoms with Crippen LogP contribution >= 0.6 is 0 Å². The van der Waals surface area contributed by atoms with Crippen LogP contribution in [0.1, 0.15) is 27.2 Å². The van der Waals surface area contributed by atoms with E-state index in [0.29, 0.717) is 17.8 Å². The summed E-state index contributed by atoms with van der Waals surface area (Å²) in [5, 5.41) is 5.15. The van der Waals surface area contributed by atoms with Gasteiger partial charge in [-0.15, -0.1) is 0 Å². The summed E-state index contributed by atoms with van der Waals surface area (Å²) < 4.78 is 26.4. The summed E-state index contributed by atoms with van der Waals surface area (Å²) >= 11 is 0. The molecule has 1 aromatic rings. The maximum absolute atomic E-state index is 12.0. The van der Waals surface area contributed by atoms with Gasteiger partial charge in [-0.1, -0.05) is 19.9 Å². The number of benzene rings is 1. The van der Waals surface area contributed by atoms with Crippen molar-refractivity contribution in [2.24, 2.45) is 5.92 Å². The highest BCUT2D eigenvalue weighted by molar-refractivity contribution is 7.92. The van der Waals surface area contributed by atoms with E-state index >= 15 is 0 Å². The van der Waals surface area contributed by atoms with Crippen LogP contribution in [0.2, 0.25) is 0 Å². The Morgan fingerprint density at radius 1 is 1.17 bits per heavy atom. The molecule has 0 unspecified atom stereocenters. The van der Waals surface area contributed by atoms with Crippen LogP contribution in [0, 0.1) is 5.92 Å². The van der Waals surface area contributed by atoms with Crippen molar-refractivity contribution in [1.82, 2.24) is 5.32 Å². The number of hydrogen-bond donors (Lipinski definition) is 3. The normalized spacial score (nSPS) is 11.1. The average Bonchev–Trinajstić information content (AvgIpc) is 2.36. The molecule has 0 saturated carbocycles. The van der Waals surface area contributed by atoms with Crippen molar-refractivity contribution in [3.05, 3.63) is 24.3 Å². The third-order valence-corrected chi connectivity index (χ3v) is 4.03. The molecule has 0 aliphatic rings. The Balaban J connectivity index is 2.55. The second-order valence-electron chi connectivity index (χ2n) is 5.63. The van der Waals surface area contributed by atoms with Crippen molar-refractivity contribution in [3.8, 4) is 0 Å². The fourth-order valence-electron chi connectivity index (χ4n) is 1.86. The van der Waals surface area contributed by atoms with Crippen LogP contribution in [0.3, 0.4) is 0 Å². The predicted molar refractivity (Wildman–Crippen MR) is 90.6 cm³/mol. The minimum absolute atomic E-state index is 0.0479. The third-order valence-electron chi connectivity index (χ3n) is 2.74. The molecule has 0 fully saturated rings. The van der Waals surface area contributed by atoms with Crippen molar-refractivity contribution in [2.75, 3.05) is 22.3 Å². The van der Waals surface area contributed by atoms with E-state index in [1.807, 2.05) is 13.8 Å². The summed E-state index contributed by atoms with van der Waals surface area (Å²) in [6, 6.07) is 6.40. The monoisotopic (exact) mass is 341 g/mol. The fraction of sp³-hybridized carbons (Fsp3) is 0.467. The van der Waals surface area contributed by atoms with E-state index in [9.17, 15) is 18.0 Å². The Morgan fingerprint density at radius 2 is 1.83 bits per heavy atom. The Bertz CT molecular complexity index is 656. The van der Waals surface area contributed by atoms with E-state index in [1.165, 1.54) is 13.0 Å². The van der Waals surface area contributed by atoms with Crippen LogP contribution in [-0.2, 0) is 19.6 Å². The molecule has 0 radical (unpaired) electrons. The molecule has 23 heavy (non-hydrogen) atoms. The number of amides is 2. The van der Waals surface area contributed by atoms with Crippen LogP contribution in [0.5, 0.6) is 0 Å². The number of nitrogens with one attached hydrogen (secondary N) is 3. The van der Waals surface area contributed by atoms with Gasteiger partial charge in [0, 0.05) is 25.6 Å². The van der Waals surface area contributed by atoms with Gasteiger partial charge in [0.2, 0.25) is 21.8 Å². The number of carbonyl (C=O) groups excluding carboxylic acids is 2. The van der Waals surface area contributed by atoms with Crippen LogP contribution in [0.25, 0.3) is 0 Å². The van der Waals surface area contributed by atoms with E-state index in [2.05, 4.69) is 15.4 Å². The van der Waals surface area contributed by atoms with E-state index < -0.39 is 10.0 Å². The van der Waals surface area contributed by atoms with Crippen molar-refractivity contribution >= 4 is 33.2 Å². The Hall–Kier alpha value is -2.09. The number of hydrogen-bond acceptors (Lipinski definition) is 4. The molecule has 2 amide bonds. The molecule has 0 heterocycles. The summed E-state index contributed by atoms with van der Waals surface area (Å²) in [4.78, 5) is 22.5. The van der Waals surface area contributed by atoms with Gasteiger partial charge in [-0.25, -0.2) is 8.42 Å². The first-order valence-electron chi connectivity index (χ1n) is 7.33. The molecular formula is C15H23N3O4S. The second kappa shape index (κ2) is 8.52. The van der Waals surface area contributed by atoms with E-state index in [4.69, 9.17) is 0 Å². The molecule has 8 heteroatoms. The smallest absolute Gasteiger partial charge is 0.234 e. The van der Waals surface area contributed by atoms with Crippen LogP contribution in [-0.4, -0.2) is 32.5 Å². The molecule has 1 aromatic carbocycles. The summed E-state index contributed by atoms with van der Waals surface area (Å²) in [6.45, 7) is 5.25. The number of rotatable bonds is 8. The lowest BCUT2D eigenvalue weighted by molar-refractivity contribution is -0.121. The first-order valence-corrected chi connectivity index (χ1v) is 8.98. The van der Waals surface area contributed by atoms with Crippen LogP contribution in [0.4, 0.5) is 11.4 Å². The molecule has 0 spiro atoms. The van der Waals surface area contributed by atoms with Crippen LogP contribution < -0.4 is 15.4 Å². The summed E-state index contributed by atoms with van der Waals surface area (Å²) in [5.41, 5.74) is 0.854. The number of anilines is 2. The molecule has 0 aromatic heterocycles.